The minimum Gasteiger partial charge on any atom is -0.494 e. The van der Waals surface area contributed by atoms with E-state index in [1.54, 1.807) is 43.5 Å². The van der Waals surface area contributed by atoms with E-state index in [0.29, 0.717) is 65.4 Å². The molecule has 2 aromatic carbocycles. The highest BCUT2D eigenvalue weighted by Gasteiger charge is 2.53. The van der Waals surface area contributed by atoms with Gasteiger partial charge >= 0.3 is 0 Å². The van der Waals surface area contributed by atoms with E-state index in [4.69, 9.17) is 47.5 Å². The molecule has 0 bridgehead atoms. The Bertz CT molecular complexity index is 1040. The molecule has 0 spiro atoms. The van der Waals surface area contributed by atoms with E-state index in [0.717, 1.165) is 0 Å². The molecule has 3 rings (SSSR count). The summed E-state index contributed by atoms with van der Waals surface area (Å²) < 4.78 is 17.0. The number of hydrogen-bond donors (Lipinski definition) is 2. The van der Waals surface area contributed by atoms with Crippen molar-refractivity contribution in [2.75, 3.05) is 33.5 Å². The summed E-state index contributed by atoms with van der Waals surface area (Å²) in [4.78, 5) is 18.4. The molecule has 1 aliphatic rings. The number of aliphatic hydroxyl groups excluding tert-OH is 1. The molecule has 1 heterocycles. The Hall–Kier alpha value is -2.58. The summed E-state index contributed by atoms with van der Waals surface area (Å²) in [6.45, 7) is 5.29. The molecule has 1 amide bonds. The van der Waals surface area contributed by atoms with Crippen LogP contribution in [0.4, 0.5) is 0 Å². The van der Waals surface area contributed by atoms with Gasteiger partial charge in [0.15, 0.2) is 11.6 Å². The highest BCUT2D eigenvalue weighted by molar-refractivity contribution is 6.35. The van der Waals surface area contributed by atoms with Crippen LogP contribution in [0.2, 0.25) is 10.0 Å². The monoisotopic (exact) mass is 520 g/mol. The van der Waals surface area contributed by atoms with Gasteiger partial charge in [0, 0.05) is 60.9 Å². The van der Waals surface area contributed by atoms with Crippen molar-refractivity contribution in [1.82, 2.24) is 5.32 Å². The molecular formula is C26H30Cl2N2O5. The van der Waals surface area contributed by atoms with Gasteiger partial charge in [-0.25, -0.2) is 4.99 Å². The van der Waals surface area contributed by atoms with Crippen molar-refractivity contribution in [2.45, 2.75) is 30.9 Å². The Labute approximate surface area is 215 Å². The number of nitrogens with zero attached hydrogens (tertiary/aromatic N) is 1. The molecule has 2 N–H and O–H groups in total. The summed E-state index contributed by atoms with van der Waals surface area (Å²) in [5, 5.41) is 12.8. The van der Waals surface area contributed by atoms with E-state index >= 15 is 0 Å². The molecular weight excluding hydrogens is 491 g/mol. The molecule has 0 fully saturated rings. The lowest BCUT2D eigenvalue weighted by molar-refractivity contribution is -0.128. The first-order valence-electron chi connectivity index (χ1n) is 11.4. The zero-order valence-corrected chi connectivity index (χ0v) is 21.1. The van der Waals surface area contributed by atoms with Gasteiger partial charge in [-0.2, -0.15) is 0 Å². The van der Waals surface area contributed by atoms with Crippen molar-refractivity contribution in [3.8, 4) is 5.75 Å². The third kappa shape index (κ3) is 6.55. The Morgan fingerprint density at radius 3 is 2.66 bits per heavy atom. The summed E-state index contributed by atoms with van der Waals surface area (Å²) in [5.74, 6) is 0.687. The lowest BCUT2D eigenvalue weighted by atomic mass is 9.84. The summed E-state index contributed by atoms with van der Waals surface area (Å²) in [6, 6.07) is 12.3. The Morgan fingerprint density at radius 1 is 1.23 bits per heavy atom. The zero-order valence-electron chi connectivity index (χ0n) is 19.6. The molecule has 0 saturated carbocycles. The number of ether oxygens (including phenoxy) is 3. The third-order valence-electron chi connectivity index (χ3n) is 5.54. The first-order valence-corrected chi connectivity index (χ1v) is 12.1. The van der Waals surface area contributed by atoms with Gasteiger partial charge in [0.1, 0.15) is 5.75 Å². The van der Waals surface area contributed by atoms with Crippen LogP contribution >= 0.6 is 23.2 Å². The number of aliphatic hydroxyl groups is 1. The molecule has 2 aromatic rings. The lowest BCUT2D eigenvalue weighted by Crippen LogP contribution is -2.48. The molecule has 7 nitrogen and oxygen atoms in total. The van der Waals surface area contributed by atoms with Crippen LogP contribution in [-0.2, 0) is 14.3 Å². The number of carbonyl (C=O) groups is 1. The molecule has 1 aliphatic heterocycles. The number of amides is 1. The Balaban J connectivity index is 1.96. The standard InChI is InChI=1S/C26H30Cl2N2O5/c1-3-12-26(25(32)29-13-4-15-33-2)23(21-11-8-19(27)17-22(21)28)35-24(30-26)18-6-9-20(10-7-18)34-16-5-14-31/h3,6-11,17,23,31H,1,4-5,12-16H2,2H3,(H,29,32)/t23-,26-/m1/s1. The highest BCUT2D eigenvalue weighted by atomic mass is 35.5. The van der Waals surface area contributed by atoms with Gasteiger partial charge in [-0.15, -0.1) is 6.58 Å². The van der Waals surface area contributed by atoms with Crippen LogP contribution in [0.1, 0.15) is 36.5 Å². The first-order chi connectivity index (χ1) is 16.9. The van der Waals surface area contributed by atoms with Crippen molar-refractivity contribution >= 4 is 35.0 Å². The third-order valence-corrected chi connectivity index (χ3v) is 6.10. The summed E-state index contributed by atoms with van der Waals surface area (Å²) in [7, 11) is 1.62. The van der Waals surface area contributed by atoms with Gasteiger partial charge in [-0.1, -0.05) is 35.3 Å². The number of benzene rings is 2. The van der Waals surface area contributed by atoms with E-state index < -0.39 is 11.6 Å². The van der Waals surface area contributed by atoms with Crippen LogP contribution in [0.3, 0.4) is 0 Å². The van der Waals surface area contributed by atoms with Gasteiger partial charge in [0.2, 0.25) is 5.90 Å². The second-order valence-electron chi connectivity index (χ2n) is 8.05. The number of rotatable bonds is 13. The van der Waals surface area contributed by atoms with Gasteiger partial charge in [0.25, 0.3) is 5.91 Å². The SMILES string of the molecule is C=CC[C@@]1(C(=O)NCCCOC)N=C(c2ccc(OCCCO)cc2)O[C@@H]1c1ccc(Cl)cc1Cl. The van der Waals surface area contributed by atoms with Gasteiger partial charge in [-0.3, -0.25) is 4.79 Å². The Morgan fingerprint density at radius 2 is 2.00 bits per heavy atom. The predicted molar refractivity (Wildman–Crippen MR) is 138 cm³/mol. The number of carbonyl (C=O) groups excluding carboxylic acids is 1. The fourth-order valence-electron chi connectivity index (χ4n) is 3.80. The normalized spacial score (nSPS) is 19.1. The topological polar surface area (TPSA) is 89.4 Å². The van der Waals surface area contributed by atoms with Crippen LogP contribution < -0.4 is 10.1 Å². The van der Waals surface area contributed by atoms with Crippen LogP contribution in [0.15, 0.2) is 60.1 Å². The van der Waals surface area contributed by atoms with Gasteiger partial charge in [-0.05, 0) is 42.8 Å². The number of methoxy groups -OCH3 is 1. The lowest BCUT2D eigenvalue weighted by Gasteiger charge is -2.30. The first kappa shape index (κ1) is 27.0. The summed E-state index contributed by atoms with van der Waals surface area (Å²) >= 11 is 12.7. The fourth-order valence-corrected chi connectivity index (χ4v) is 4.31. The van der Waals surface area contributed by atoms with Crippen molar-refractivity contribution in [3.05, 3.63) is 76.3 Å². The largest absolute Gasteiger partial charge is 0.494 e. The molecule has 2 atom stereocenters. The zero-order chi connectivity index (χ0) is 25.3. The van der Waals surface area contributed by atoms with E-state index in [1.165, 1.54) is 0 Å². The minimum absolute atomic E-state index is 0.0658. The number of hydrogen-bond acceptors (Lipinski definition) is 6. The van der Waals surface area contributed by atoms with Crippen LogP contribution in [0, 0.1) is 0 Å². The summed E-state index contributed by atoms with van der Waals surface area (Å²) in [5.41, 5.74) is -0.0156. The molecule has 9 heteroatoms. The number of nitrogens with one attached hydrogen (secondary N) is 1. The van der Waals surface area contributed by atoms with E-state index in [-0.39, 0.29) is 18.9 Å². The molecule has 0 aromatic heterocycles. The number of aliphatic imine (C=N–C) groups is 1. The quantitative estimate of drug-likeness (QED) is 0.294. The molecule has 0 unspecified atom stereocenters. The molecule has 0 saturated heterocycles. The molecule has 0 radical (unpaired) electrons. The number of halogens is 2. The van der Waals surface area contributed by atoms with E-state index in [9.17, 15) is 4.79 Å². The molecule has 0 aliphatic carbocycles. The smallest absolute Gasteiger partial charge is 0.252 e. The maximum atomic E-state index is 13.6. The minimum atomic E-state index is -1.31. The van der Waals surface area contributed by atoms with E-state index in [2.05, 4.69) is 11.9 Å². The van der Waals surface area contributed by atoms with Crippen LogP contribution in [0.25, 0.3) is 0 Å². The van der Waals surface area contributed by atoms with Crippen LogP contribution in [0.5, 0.6) is 5.75 Å². The molecule has 35 heavy (non-hydrogen) atoms. The van der Waals surface area contributed by atoms with Gasteiger partial charge < -0.3 is 24.6 Å². The van der Waals surface area contributed by atoms with E-state index in [1.807, 2.05) is 12.1 Å². The van der Waals surface area contributed by atoms with Crippen molar-refractivity contribution in [2.24, 2.45) is 4.99 Å². The predicted octanol–water partition coefficient (Wildman–Crippen LogP) is 4.74. The average molecular weight is 521 g/mol. The fraction of sp³-hybridized carbons (Fsp3) is 0.385. The molecule has 188 valence electrons. The van der Waals surface area contributed by atoms with Crippen LogP contribution in [-0.4, -0.2) is 55.9 Å². The average Bonchev–Trinajstić information content (AvgIpc) is 3.23. The van der Waals surface area contributed by atoms with Crippen molar-refractivity contribution in [1.29, 1.82) is 0 Å². The Kier molecular flexibility index (Phi) is 9.98. The van der Waals surface area contributed by atoms with Gasteiger partial charge in [0.05, 0.1) is 6.61 Å². The second kappa shape index (κ2) is 12.9. The second-order valence-corrected chi connectivity index (χ2v) is 8.89. The maximum absolute atomic E-state index is 13.6. The summed E-state index contributed by atoms with van der Waals surface area (Å²) in [6.07, 6.45) is 2.31. The van der Waals surface area contributed by atoms with Crippen molar-refractivity contribution < 1.29 is 24.1 Å². The highest BCUT2D eigenvalue weighted by Crippen LogP contribution is 2.45. The van der Waals surface area contributed by atoms with Crippen molar-refractivity contribution in [3.63, 3.8) is 0 Å². The maximum Gasteiger partial charge on any atom is 0.252 e.